The van der Waals surface area contributed by atoms with Crippen LogP contribution in [-0.2, 0) is 18.5 Å². The van der Waals surface area contributed by atoms with Gasteiger partial charge in [0.05, 0.1) is 0 Å². The second kappa shape index (κ2) is 3.80. The summed E-state index contributed by atoms with van der Waals surface area (Å²) in [5.41, 5.74) is 0. The molecule has 0 aromatic rings. The van der Waals surface area contributed by atoms with Gasteiger partial charge in [0.2, 0.25) is 0 Å². The van der Waals surface area contributed by atoms with E-state index in [4.69, 9.17) is 0 Å². The Labute approximate surface area is 40.3 Å². The Kier molecular flexibility index (Phi) is 3.59. The number of nitrogens with two attached hydrogens (primary N) is 1. The van der Waals surface area contributed by atoms with Crippen LogP contribution in [0.5, 0.6) is 0 Å². The molecule has 0 fully saturated rings. The second-order valence-electron chi connectivity index (χ2n) is 0.582. The lowest BCUT2D eigenvalue weighted by Crippen LogP contribution is -1.88. The van der Waals surface area contributed by atoms with Crippen molar-refractivity contribution >= 4 is 14.7 Å². The second-order valence-corrected chi connectivity index (χ2v) is 1.55. The fraction of sp³-hybridized carbons (Fsp3) is 0. The lowest BCUT2D eigenvalue weighted by Gasteiger charge is -1.89. The van der Waals surface area contributed by atoms with Crippen LogP contribution in [0.25, 0.3) is 0 Å². The first-order valence-electron chi connectivity index (χ1n) is 1.32. The van der Waals surface area contributed by atoms with Crippen LogP contribution in [0.2, 0.25) is 0 Å². The molecule has 0 amide bonds. The van der Waals surface area contributed by atoms with Gasteiger partial charge >= 0.3 is 8.25 Å². The van der Waals surface area contributed by atoms with E-state index >= 15 is 0 Å². The highest BCUT2D eigenvalue weighted by atomic mass is 31.1. The molecular weight excluding hydrogens is 121 g/mol. The molecule has 2 N–H and O–H groups in total. The normalized spacial score (nSPS) is 12.7. The standard InChI is InChI=1S/CH4NO4P/c2-6-7(4)5-1-3/h1,7H,2H2. The molecule has 0 bridgehead atoms. The lowest BCUT2D eigenvalue weighted by molar-refractivity contribution is -0.120. The van der Waals surface area contributed by atoms with E-state index < -0.39 is 8.25 Å². The van der Waals surface area contributed by atoms with Gasteiger partial charge in [0, 0.05) is 0 Å². The van der Waals surface area contributed by atoms with Gasteiger partial charge in [0.15, 0.2) is 0 Å². The van der Waals surface area contributed by atoms with E-state index in [1.807, 2.05) is 0 Å². The van der Waals surface area contributed by atoms with Crippen LogP contribution in [-0.4, -0.2) is 6.47 Å². The third-order valence-electron chi connectivity index (χ3n) is 0.241. The summed E-state index contributed by atoms with van der Waals surface area (Å²) in [7, 11) is -2.72. The number of rotatable bonds is 3. The van der Waals surface area contributed by atoms with E-state index in [1.165, 1.54) is 0 Å². The smallest absolute Gasteiger partial charge is 0.385 e. The molecule has 0 saturated heterocycles. The van der Waals surface area contributed by atoms with Crippen LogP contribution in [0.3, 0.4) is 0 Å². The number of carbonyl (C=O) groups is 1. The van der Waals surface area contributed by atoms with Crippen molar-refractivity contribution in [3.63, 3.8) is 0 Å². The molecular formula is CH4NO4P. The minimum absolute atomic E-state index is 0.00809. The van der Waals surface area contributed by atoms with Gasteiger partial charge in [-0.3, -0.25) is 4.79 Å². The zero-order valence-electron chi connectivity index (χ0n) is 3.29. The number of carbonyl (C=O) groups excluding carboxylic acids is 1. The summed E-state index contributed by atoms with van der Waals surface area (Å²) in [6.07, 6.45) is 0. The van der Waals surface area contributed by atoms with Crippen LogP contribution in [0.4, 0.5) is 0 Å². The molecule has 7 heavy (non-hydrogen) atoms. The Morgan fingerprint density at radius 1 is 1.71 bits per heavy atom. The van der Waals surface area contributed by atoms with Crippen molar-refractivity contribution in [2.45, 2.75) is 0 Å². The van der Waals surface area contributed by atoms with E-state index in [1.54, 1.807) is 0 Å². The average Bonchev–Trinajstić information content (AvgIpc) is 1.68. The number of hydrogen-bond donors (Lipinski definition) is 1. The highest BCUT2D eigenvalue weighted by molar-refractivity contribution is 7.33. The van der Waals surface area contributed by atoms with Gasteiger partial charge in [-0.2, -0.15) is 0 Å². The van der Waals surface area contributed by atoms with Crippen molar-refractivity contribution in [1.82, 2.24) is 0 Å². The van der Waals surface area contributed by atoms with Gasteiger partial charge in [-0.1, -0.05) is 0 Å². The molecule has 0 spiro atoms. The molecule has 0 rings (SSSR count). The van der Waals surface area contributed by atoms with E-state index in [0.717, 1.165) is 0 Å². The van der Waals surface area contributed by atoms with Crippen molar-refractivity contribution in [2.24, 2.45) is 5.90 Å². The van der Waals surface area contributed by atoms with E-state index in [9.17, 15) is 9.36 Å². The monoisotopic (exact) mass is 125 g/mol. The molecule has 5 nitrogen and oxygen atoms in total. The van der Waals surface area contributed by atoms with Crippen LogP contribution in [0.1, 0.15) is 0 Å². The molecule has 42 valence electrons. The summed E-state index contributed by atoms with van der Waals surface area (Å²) in [5, 5.41) is 0. The fourth-order valence-electron chi connectivity index (χ4n) is 0.0671. The van der Waals surface area contributed by atoms with Crippen molar-refractivity contribution in [3.8, 4) is 0 Å². The predicted octanol–water partition coefficient (Wildman–Crippen LogP) is -0.561. The lowest BCUT2D eigenvalue weighted by atomic mass is 11.7. The Balaban J connectivity index is 3.17. The Bertz CT molecular complexity index is 81.8. The molecule has 0 aliphatic heterocycles. The molecule has 0 radical (unpaired) electrons. The summed E-state index contributed by atoms with van der Waals surface area (Å²) >= 11 is 0. The third-order valence-corrected chi connectivity index (χ3v) is 0.722. The zero-order valence-corrected chi connectivity index (χ0v) is 4.29. The van der Waals surface area contributed by atoms with Crippen LogP contribution >= 0.6 is 8.25 Å². The molecule has 0 heterocycles. The Morgan fingerprint density at radius 2 is 2.29 bits per heavy atom. The molecule has 0 aromatic carbocycles. The predicted molar refractivity (Wildman–Crippen MR) is 21.4 cm³/mol. The van der Waals surface area contributed by atoms with Crippen LogP contribution in [0, 0.1) is 0 Å². The van der Waals surface area contributed by atoms with Crippen molar-refractivity contribution < 1.29 is 18.5 Å². The van der Waals surface area contributed by atoms with Crippen molar-refractivity contribution in [3.05, 3.63) is 0 Å². The molecule has 0 aliphatic carbocycles. The maximum Gasteiger partial charge on any atom is 0.385 e. The quantitative estimate of drug-likeness (QED) is 0.310. The van der Waals surface area contributed by atoms with Crippen LogP contribution in [0.15, 0.2) is 0 Å². The van der Waals surface area contributed by atoms with Gasteiger partial charge in [0.25, 0.3) is 6.47 Å². The van der Waals surface area contributed by atoms with Gasteiger partial charge in [-0.25, -0.2) is 15.1 Å². The Hall–Kier alpha value is -0.380. The van der Waals surface area contributed by atoms with Gasteiger partial charge in [-0.15, -0.1) is 0 Å². The van der Waals surface area contributed by atoms with Gasteiger partial charge < -0.3 is 4.52 Å². The first-order valence-corrected chi connectivity index (χ1v) is 2.54. The highest BCUT2D eigenvalue weighted by Crippen LogP contribution is 2.16. The molecule has 0 saturated carbocycles. The first kappa shape index (κ1) is 6.62. The minimum atomic E-state index is -2.72. The fourth-order valence-corrected chi connectivity index (χ4v) is 0.201. The topological polar surface area (TPSA) is 78.6 Å². The molecule has 6 heteroatoms. The summed E-state index contributed by atoms with van der Waals surface area (Å²) in [4.78, 5) is 9.24. The number of hydrogen-bond acceptors (Lipinski definition) is 5. The maximum atomic E-state index is 9.80. The van der Waals surface area contributed by atoms with E-state index in [2.05, 4.69) is 15.0 Å². The molecule has 1 atom stereocenters. The van der Waals surface area contributed by atoms with Crippen molar-refractivity contribution in [1.29, 1.82) is 0 Å². The Morgan fingerprint density at radius 3 is 2.43 bits per heavy atom. The highest BCUT2D eigenvalue weighted by Gasteiger charge is 1.89. The van der Waals surface area contributed by atoms with Gasteiger partial charge in [0.1, 0.15) is 0 Å². The first-order chi connectivity index (χ1) is 3.31. The molecule has 0 aliphatic rings. The average molecular weight is 125 g/mol. The molecule has 1 unspecified atom stereocenters. The van der Waals surface area contributed by atoms with Crippen LogP contribution < -0.4 is 5.90 Å². The zero-order chi connectivity index (χ0) is 5.70. The minimum Gasteiger partial charge on any atom is -0.395 e. The van der Waals surface area contributed by atoms with Gasteiger partial charge in [-0.05, 0) is 0 Å². The maximum absolute atomic E-state index is 9.80. The summed E-state index contributed by atoms with van der Waals surface area (Å²) < 4.78 is 17.1. The summed E-state index contributed by atoms with van der Waals surface area (Å²) in [5.74, 6) is 4.31. The summed E-state index contributed by atoms with van der Waals surface area (Å²) in [6, 6.07) is 0. The van der Waals surface area contributed by atoms with E-state index in [-0.39, 0.29) is 6.47 Å². The third kappa shape index (κ3) is 3.45. The SMILES string of the molecule is NO[PH](=O)OC=O. The molecule has 0 aromatic heterocycles. The summed E-state index contributed by atoms with van der Waals surface area (Å²) in [6.45, 7) is 0.00809. The van der Waals surface area contributed by atoms with Crippen molar-refractivity contribution in [2.75, 3.05) is 0 Å². The van der Waals surface area contributed by atoms with E-state index in [0.29, 0.717) is 0 Å². The largest absolute Gasteiger partial charge is 0.395 e.